The summed E-state index contributed by atoms with van der Waals surface area (Å²) in [5, 5.41) is 2.28. The Hall–Kier alpha value is -6.18. The Balaban J connectivity index is 1.24. The van der Waals surface area contributed by atoms with Crippen molar-refractivity contribution in [3.05, 3.63) is 199 Å². The van der Waals surface area contributed by atoms with E-state index in [1.165, 1.54) is 11.1 Å². The van der Waals surface area contributed by atoms with Crippen LogP contribution in [0.3, 0.4) is 0 Å². The lowest BCUT2D eigenvalue weighted by Crippen LogP contribution is -2.16. The molecule has 1 aliphatic carbocycles. The Kier molecular flexibility index (Phi) is 6.22. The van der Waals surface area contributed by atoms with Gasteiger partial charge in [-0.25, -0.2) is 0 Å². The van der Waals surface area contributed by atoms with Gasteiger partial charge in [0.05, 0.1) is 11.2 Å². The molecule has 0 fully saturated rings. The normalized spacial score (nSPS) is 13.9. The van der Waals surface area contributed by atoms with E-state index in [-0.39, 0.29) is 40.8 Å². The number of hydrogen-bond donors (Lipinski definition) is 0. The van der Waals surface area contributed by atoms with Gasteiger partial charge in [0.2, 0.25) is 0 Å². The number of para-hydroxylation sites is 1. The van der Waals surface area contributed by atoms with Crippen LogP contribution < -0.4 is 4.90 Å². The van der Waals surface area contributed by atoms with E-state index in [2.05, 4.69) is 92.7 Å². The third-order valence-corrected chi connectivity index (χ3v) is 10.1. The summed E-state index contributed by atoms with van der Waals surface area (Å²) < 4.78 is 38.3. The fourth-order valence-electron chi connectivity index (χ4n) is 7.54. The summed E-state index contributed by atoms with van der Waals surface area (Å²) in [6, 6.07) is 54.9. The van der Waals surface area contributed by atoms with Crippen molar-refractivity contribution in [3.8, 4) is 44.5 Å². The highest BCUT2D eigenvalue weighted by atomic mass is 15.1. The van der Waals surface area contributed by atoms with Crippen molar-refractivity contribution in [3.63, 3.8) is 0 Å². The molecule has 0 N–H and O–H groups in total. The molecule has 0 aromatic heterocycles. The largest absolute Gasteiger partial charge is 0.310 e. The standard InChI is InChI=1S/C49H37N/c1-49(2)46-21-10-8-20-44(46)45-30-29-42(33-47(45)49)50(48-22-11-9-19-43(48)36-14-4-3-5-15-36)41-27-25-35(26-28-41)38-17-12-18-39(31-38)40-24-23-34-13-6-7-16-37(34)32-40/h3-33H,1-2H3/i25D,26D,27D,28D. The van der Waals surface area contributed by atoms with E-state index in [0.29, 0.717) is 5.56 Å². The van der Waals surface area contributed by atoms with Crippen LogP contribution in [-0.4, -0.2) is 0 Å². The van der Waals surface area contributed by atoms with Gasteiger partial charge in [-0.2, -0.15) is 0 Å². The minimum absolute atomic E-state index is 0.0854. The lowest BCUT2D eigenvalue weighted by atomic mass is 9.82. The Morgan fingerprint density at radius 1 is 0.400 bits per heavy atom. The zero-order valence-electron chi connectivity index (χ0n) is 32.0. The second-order valence-corrected chi connectivity index (χ2v) is 13.5. The van der Waals surface area contributed by atoms with Crippen LogP contribution in [0.25, 0.3) is 55.3 Å². The van der Waals surface area contributed by atoms with E-state index in [1.807, 2.05) is 89.8 Å². The van der Waals surface area contributed by atoms with Crippen LogP contribution in [0.4, 0.5) is 17.1 Å². The smallest absolute Gasteiger partial charge is 0.0645 e. The van der Waals surface area contributed by atoms with Gasteiger partial charge in [0, 0.05) is 22.4 Å². The van der Waals surface area contributed by atoms with Gasteiger partial charge in [-0.1, -0.05) is 159 Å². The van der Waals surface area contributed by atoms with Gasteiger partial charge < -0.3 is 4.90 Å². The van der Waals surface area contributed by atoms with Gasteiger partial charge >= 0.3 is 0 Å². The molecule has 0 spiro atoms. The zero-order valence-corrected chi connectivity index (χ0v) is 28.0. The molecule has 0 atom stereocenters. The van der Waals surface area contributed by atoms with Crippen molar-refractivity contribution < 1.29 is 5.48 Å². The molecular formula is C49H37N. The Labute approximate surface area is 300 Å². The zero-order chi connectivity index (χ0) is 37.1. The average molecular weight is 644 g/mol. The summed E-state index contributed by atoms with van der Waals surface area (Å²) in [5.41, 5.74) is 11.0. The monoisotopic (exact) mass is 643 g/mol. The van der Waals surface area contributed by atoms with Crippen LogP contribution in [0, 0.1) is 0 Å². The van der Waals surface area contributed by atoms with Gasteiger partial charge in [0.1, 0.15) is 0 Å². The summed E-state index contributed by atoms with van der Waals surface area (Å²) in [6.45, 7) is 4.47. The topological polar surface area (TPSA) is 3.24 Å². The minimum Gasteiger partial charge on any atom is -0.310 e. The number of hydrogen-bond acceptors (Lipinski definition) is 1. The van der Waals surface area contributed by atoms with E-state index < -0.39 is 0 Å². The highest BCUT2D eigenvalue weighted by Gasteiger charge is 2.35. The van der Waals surface area contributed by atoms with Crippen molar-refractivity contribution in [1.82, 2.24) is 0 Å². The van der Waals surface area contributed by atoms with Crippen LogP contribution in [0.1, 0.15) is 30.5 Å². The van der Waals surface area contributed by atoms with Crippen LogP contribution in [-0.2, 0) is 5.41 Å². The van der Waals surface area contributed by atoms with Gasteiger partial charge in [-0.3, -0.25) is 0 Å². The van der Waals surface area contributed by atoms with Crippen molar-refractivity contribution in [2.45, 2.75) is 19.3 Å². The second kappa shape index (κ2) is 12.1. The van der Waals surface area contributed by atoms with Crippen molar-refractivity contribution in [2.75, 3.05) is 4.90 Å². The fourth-order valence-corrected chi connectivity index (χ4v) is 7.54. The fraction of sp³-hybridized carbons (Fsp3) is 0.0612. The maximum Gasteiger partial charge on any atom is 0.0645 e. The Morgan fingerprint density at radius 3 is 1.84 bits per heavy atom. The molecule has 8 aromatic rings. The lowest BCUT2D eigenvalue weighted by Gasteiger charge is -2.30. The molecule has 1 nitrogen and oxygen atoms in total. The van der Waals surface area contributed by atoms with E-state index in [1.54, 1.807) is 0 Å². The summed E-state index contributed by atoms with van der Waals surface area (Å²) >= 11 is 0. The summed E-state index contributed by atoms with van der Waals surface area (Å²) in [5.74, 6) is 0. The molecule has 238 valence electrons. The quantitative estimate of drug-likeness (QED) is 0.174. The molecule has 0 radical (unpaired) electrons. The molecular weight excluding hydrogens is 603 g/mol. The minimum atomic E-state index is -0.277. The molecule has 0 unspecified atom stereocenters. The van der Waals surface area contributed by atoms with Crippen LogP contribution >= 0.6 is 0 Å². The van der Waals surface area contributed by atoms with Crippen molar-refractivity contribution in [2.24, 2.45) is 0 Å². The van der Waals surface area contributed by atoms with Crippen LogP contribution in [0.15, 0.2) is 188 Å². The molecule has 0 bridgehead atoms. The number of rotatable bonds is 6. The molecule has 0 aliphatic heterocycles. The molecule has 1 aliphatic rings. The van der Waals surface area contributed by atoms with Crippen LogP contribution in [0.5, 0.6) is 0 Å². The summed E-state index contributed by atoms with van der Waals surface area (Å²) in [7, 11) is 0. The Morgan fingerprint density at radius 2 is 1.02 bits per heavy atom. The maximum atomic E-state index is 9.64. The third kappa shape index (κ3) is 5.11. The molecule has 0 heterocycles. The highest BCUT2D eigenvalue weighted by Crippen LogP contribution is 2.51. The summed E-state index contributed by atoms with van der Waals surface area (Å²) in [4.78, 5) is 1.93. The van der Waals surface area contributed by atoms with E-state index in [9.17, 15) is 5.48 Å². The van der Waals surface area contributed by atoms with Gasteiger partial charge in [-0.15, -0.1) is 0 Å². The first-order valence-electron chi connectivity index (χ1n) is 19.1. The van der Waals surface area contributed by atoms with Crippen molar-refractivity contribution >= 4 is 27.8 Å². The third-order valence-electron chi connectivity index (χ3n) is 10.1. The first-order valence-corrected chi connectivity index (χ1v) is 17.1. The second-order valence-electron chi connectivity index (χ2n) is 13.5. The first kappa shape index (κ1) is 25.8. The SMILES string of the molecule is [2H]c1c([2H])c(N(c2ccc3c(c2)C(C)(C)c2ccccc2-3)c2ccccc2-c2ccccc2)c([2H])c([2H])c1-c1cccc(-c2ccc3ccccc3c2)c1. The molecule has 0 saturated carbocycles. The number of benzene rings is 8. The molecule has 0 amide bonds. The van der Waals surface area contributed by atoms with E-state index in [4.69, 9.17) is 0 Å². The van der Waals surface area contributed by atoms with E-state index >= 15 is 0 Å². The van der Waals surface area contributed by atoms with E-state index in [0.717, 1.165) is 55.5 Å². The molecule has 9 rings (SSSR count). The predicted octanol–water partition coefficient (Wildman–Crippen LogP) is 13.6. The maximum absolute atomic E-state index is 9.64. The number of anilines is 3. The Bertz CT molecular complexity index is 2720. The molecule has 1 heteroatoms. The first-order chi connectivity index (χ1) is 26.2. The van der Waals surface area contributed by atoms with Crippen molar-refractivity contribution in [1.29, 1.82) is 0 Å². The number of fused-ring (bicyclic) bond motifs is 4. The molecule has 8 aromatic carbocycles. The lowest BCUT2D eigenvalue weighted by molar-refractivity contribution is 0.660. The number of nitrogens with zero attached hydrogens (tertiary/aromatic N) is 1. The van der Waals surface area contributed by atoms with Gasteiger partial charge in [0.15, 0.2) is 0 Å². The van der Waals surface area contributed by atoms with Gasteiger partial charge in [0.25, 0.3) is 0 Å². The summed E-state index contributed by atoms with van der Waals surface area (Å²) in [6.07, 6.45) is 0. The predicted molar refractivity (Wildman–Crippen MR) is 213 cm³/mol. The average Bonchev–Trinajstić information content (AvgIpc) is 3.44. The van der Waals surface area contributed by atoms with Gasteiger partial charge in [-0.05, 0) is 103 Å². The highest BCUT2D eigenvalue weighted by molar-refractivity contribution is 5.91. The van der Waals surface area contributed by atoms with Crippen LogP contribution in [0.2, 0.25) is 0 Å². The molecule has 0 saturated heterocycles. The molecule has 50 heavy (non-hydrogen) atoms.